The summed E-state index contributed by atoms with van der Waals surface area (Å²) in [4.78, 5) is 17.0. The van der Waals surface area contributed by atoms with Gasteiger partial charge in [0.25, 0.3) is 5.91 Å². The molecule has 2 atom stereocenters. The number of piperidine rings is 1. The number of aromatic nitrogens is 1. The van der Waals surface area contributed by atoms with Crippen LogP contribution in [0.25, 0.3) is 21.0 Å². The number of thiazole rings is 1. The first kappa shape index (κ1) is 20.7. The van der Waals surface area contributed by atoms with E-state index in [9.17, 15) is 4.79 Å². The zero-order chi connectivity index (χ0) is 16.5. The van der Waals surface area contributed by atoms with E-state index in [1.54, 1.807) is 17.4 Å². The van der Waals surface area contributed by atoms with Crippen LogP contribution in [0.5, 0.6) is 0 Å². The number of halogens is 2. The van der Waals surface area contributed by atoms with E-state index in [1.165, 1.54) is 0 Å². The molecule has 0 spiro atoms. The lowest BCUT2D eigenvalue weighted by Gasteiger charge is -2.29. The second kappa shape index (κ2) is 8.86. The standard InChI is InChI=1S/C18H19N3O2S.2ClH/c1-11-8-9-19-10-13(11)20-17(22)14-6-7-15(23-14)18-21-12-4-2-3-5-16(12)24-18;;/h2-7,11,13,19H,8-10H2,1H3,(H,20,22);2*1H. The van der Waals surface area contributed by atoms with Gasteiger partial charge in [0.2, 0.25) is 0 Å². The van der Waals surface area contributed by atoms with Crippen LogP contribution in [0.3, 0.4) is 0 Å². The van der Waals surface area contributed by atoms with Crippen molar-refractivity contribution in [2.45, 2.75) is 19.4 Å². The quantitative estimate of drug-likeness (QED) is 0.677. The number of fused-ring (bicyclic) bond motifs is 1. The van der Waals surface area contributed by atoms with Gasteiger partial charge in [0.1, 0.15) is 0 Å². The highest BCUT2D eigenvalue weighted by atomic mass is 35.5. The summed E-state index contributed by atoms with van der Waals surface area (Å²) in [5.41, 5.74) is 0.946. The van der Waals surface area contributed by atoms with Crippen molar-refractivity contribution in [1.82, 2.24) is 15.6 Å². The number of benzene rings is 1. The van der Waals surface area contributed by atoms with Crippen molar-refractivity contribution in [2.75, 3.05) is 13.1 Å². The first-order valence-corrected chi connectivity index (χ1v) is 9.00. The molecule has 5 nitrogen and oxygen atoms in total. The Morgan fingerprint density at radius 3 is 2.85 bits per heavy atom. The lowest BCUT2D eigenvalue weighted by atomic mass is 9.95. The molecule has 140 valence electrons. The number of amides is 1. The predicted octanol–water partition coefficient (Wildman–Crippen LogP) is 4.13. The predicted molar refractivity (Wildman–Crippen MR) is 110 cm³/mol. The number of nitrogens with zero attached hydrogens (tertiary/aromatic N) is 1. The maximum absolute atomic E-state index is 12.4. The fourth-order valence-electron chi connectivity index (χ4n) is 2.97. The van der Waals surface area contributed by atoms with Gasteiger partial charge in [-0.1, -0.05) is 19.1 Å². The molecule has 0 radical (unpaired) electrons. The van der Waals surface area contributed by atoms with Crippen LogP contribution in [0.4, 0.5) is 0 Å². The topological polar surface area (TPSA) is 67.2 Å². The Morgan fingerprint density at radius 2 is 2.08 bits per heavy atom. The molecule has 1 amide bonds. The van der Waals surface area contributed by atoms with Gasteiger partial charge in [-0.05, 0) is 43.1 Å². The lowest BCUT2D eigenvalue weighted by molar-refractivity contribution is 0.0888. The number of furan rings is 1. The highest BCUT2D eigenvalue weighted by Gasteiger charge is 2.24. The third-order valence-electron chi connectivity index (χ3n) is 4.48. The average Bonchev–Trinajstić information content (AvgIpc) is 3.23. The molecule has 0 saturated carbocycles. The minimum atomic E-state index is -0.164. The molecule has 0 bridgehead atoms. The van der Waals surface area contributed by atoms with Gasteiger partial charge in [0.15, 0.2) is 16.5 Å². The number of carbonyl (C=O) groups excluding carboxylic acids is 1. The minimum absolute atomic E-state index is 0. The zero-order valence-corrected chi connectivity index (χ0v) is 16.7. The molecule has 1 fully saturated rings. The number of rotatable bonds is 3. The highest BCUT2D eigenvalue weighted by Crippen LogP contribution is 2.31. The van der Waals surface area contributed by atoms with Crippen LogP contribution in [-0.2, 0) is 0 Å². The third kappa shape index (κ3) is 4.20. The first-order chi connectivity index (χ1) is 11.7. The van der Waals surface area contributed by atoms with Crippen molar-refractivity contribution >= 4 is 52.3 Å². The van der Waals surface area contributed by atoms with Gasteiger partial charge < -0.3 is 15.1 Å². The molecular formula is C18H21Cl2N3O2S. The van der Waals surface area contributed by atoms with E-state index in [0.29, 0.717) is 17.4 Å². The molecule has 1 aliphatic heterocycles. The van der Waals surface area contributed by atoms with Gasteiger partial charge >= 0.3 is 0 Å². The lowest BCUT2D eigenvalue weighted by Crippen LogP contribution is -2.50. The Hall–Kier alpha value is -1.60. The van der Waals surface area contributed by atoms with Gasteiger partial charge in [0.05, 0.1) is 10.2 Å². The van der Waals surface area contributed by atoms with Crippen LogP contribution < -0.4 is 10.6 Å². The molecular weight excluding hydrogens is 393 g/mol. The van der Waals surface area contributed by atoms with E-state index in [0.717, 1.165) is 34.7 Å². The average molecular weight is 414 g/mol. The first-order valence-electron chi connectivity index (χ1n) is 8.18. The van der Waals surface area contributed by atoms with Crippen LogP contribution in [0, 0.1) is 5.92 Å². The van der Waals surface area contributed by atoms with Crippen LogP contribution >= 0.6 is 36.2 Å². The number of carbonyl (C=O) groups is 1. The number of hydrogen-bond acceptors (Lipinski definition) is 5. The van der Waals surface area contributed by atoms with Crippen molar-refractivity contribution < 1.29 is 9.21 Å². The van der Waals surface area contributed by atoms with Gasteiger partial charge in [-0.3, -0.25) is 4.79 Å². The Morgan fingerprint density at radius 1 is 1.27 bits per heavy atom. The van der Waals surface area contributed by atoms with Gasteiger partial charge in [-0.25, -0.2) is 4.98 Å². The van der Waals surface area contributed by atoms with E-state index in [2.05, 4.69) is 22.5 Å². The van der Waals surface area contributed by atoms with E-state index < -0.39 is 0 Å². The second-order valence-electron chi connectivity index (χ2n) is 6.20. The molecule has 0 aliphatic carbocycles. The molecule has 1 saturated heterocycles. The van der Waals surface area contributed by atoms with E-state index >= 15 is 0 Å². The maximum Gasteiger partial charge on any atom is 0.287 e. The van der Waals surface area contributed by atoms with Gasteiger partial charge in [0, 0.05) is 12.6 Å². The van der Waals surface area contributed by atoms with Crippen molar-refractivity contribution in [1.29, 1.82) is 0 Å². The Balaban J connectivity index is 0.00000121. The second-order valence-corrected chi connectivity index (χ2v) is 7.23. The number of nitrogens with one attached hydrogen (secondary N) is 2. The van der Waals surface area contributed by atoms with E-state index in [4.69, 9.17) is 4.42 Å². The monoisotopic (exact) mass is 413 g/mol. The van der Waals surface area contributed by atoms with Crippen LogP contribution in [0.1, 0.15) is 23.9 Å². The summed E-state index contributed by atoms with van der Waals surface area (Å²) in [5.74, 6) is 1.27. The zero-order valence-electron chi connectivity index (χ0n) is 14.2. The summed E-state index contributed by atoms with van der Waals surface area (Å²) in [7, 11) is 0. The smallest absolute Gasteiger partial charge is 0.287 e. The molecule has 4 rings (SSSR count). The van der Waals surface area contributed by atoms with Gasteiger partial charge in [-0.2, -0.15) is 0 Å². The van der Waals surface area contributed by atoms with Crippen molar-refractivity contribution in [2.24, 2.45) is 5.92 Å². The highest BCUT2D eigenvalue weighted by molar-refractivity contribution is 7.21. The molecule has 26 heavy (non-hydrogen) atoms. The Bertz CT molecular complexity index is 847. The Kier molecular flexibility index (Phi) is 7.06. The number of para-hydroxylation sites is 1. The fraction of sp³-hybridized carbons (Fsp3) is 0.333. The minimum Gasteiger partial charge on any atom is -0.448 e. The molecule has 3 aromatic rings. The molecule has 2 N–H and O–H groups in total. The molecule has 2 aromatic heterocycles. The maximum atomic E-state index is 12.4. The summed E-state index contributed by atoms with van der Waals surface area (Å²) in [5, 5.41) is 7.17. The van der Waals surface area contributed by atoms with E-state index in [-0.39, 0.29) is 36.8 Å². The Labute approximate surface area is 168 Å². The molecule has 2 unspecified atom stereocenters. The van der Waals surface area contributed by atoms with Crippen molar-refractivity contribution in [3.8, 4) is 10.8 Å². The fourth-order valence-corrected chi connectivity index (χ4v) is 3.90. The van der Waals surface area contributed by atoms with Gasteiger partial charge in [-0.15, -0.1) is 36.2 Å². The molecule has 3 heterocycles. The SMILES string of the molecule is CC1CCNCC1NC(=O)c1ccc(-c2nc3ccccc3s2)o1.Cl.Cl. The number of hydrogen-bond donors (Lipinski definition) is 2. The van der Waals surface area contributed by atoms with Crippen LogP contribution in [0.2, 0.25) is 0 Å². The summed E-state index contributed by atoms with van der Waals surface area (Å²) in [6, 6.07) is 11.6. The van der Waals surface area contributed by atoms with Crippen LogP contribution in [0.15, 0.2) is 40.8 Å². The summed E-state index contributed by atoms with van der Waals surface area (Å²) in [6.45, 7) is 3.98. The van der Waals surface area contributed by atoms with Crippen LogP contribution in [-0.4, -0.2) is 30.0 Å². The van der Waals surface area contributed by atoms with E-state index in [1.807, 2.05) is 30.3 Å². The van der Waals surface area contributed by atoms with Crippen molar-refractivity contribution in [3.63, 3.8) is 0 Å². The molecule has 1 aliphatic rings. The molecule has 8 heteroatoms. The molecule has 1 aromatic carbocycles. The summed E-state index contributed by atoms with van der Waals surface area (Å²) < 4.78 is 6.86. The normalized spacial score (nSPS) is 19.4. The summed E-state index contributed by atoms with van der Waals surface area (Å²) in [6.07, 6.45) is 1.07. The third-order valence-corrected chi connectivity index (χ3v) is 5.53. The van der Waals surface area contributed by atoms with Crippen molar-refractivity contribution in [3.05, 3.63) is 42.2 Å². The largest absolute Gasteiger partial charge is 0.448 e. The summed E-state index contributed by atoms with van der Waals surface area (Å²) >= 11 is 1.56.